The maximum absolute atomic E-state index is 13.0. The van der Waals surface area contributed by atoms with Crippen LogP contribution in [0.15, 0.2) is 16.6 Å². The standard InChI is InChI=1S/C9H12BrFN2O.ClH/c10-7-4-5(11)3-6(9(7)14)8(13)1-2-12;/h3-4,8,14H,1-2,12-13H2;1H/t8-;/m1./s1. The molecule has 0 spiro atoms. The molecule has 6 heteroatoms. The molecule has 5 N–H and O–H groups in total. The second kappa shape index (κ2) is 6.27. The Bertz CT molecular complexity index is 338. The molecule has 0 heterocycles. The van der Waals surface area contributed by atoms with Crippen LogP contribution < -0.4 is 11.5 Å². The van der Waals surface area contributed by atoms with Gasteiger partial charge in [0.25, 0.3) is 0 Å². The summed E-state index contributed by atoms with van der Waals surface area (Å²) >= 11 is 3.04. The molecular formula is C9H13BrClFN2O. The first-order valence-electron chi connectivity index (χ1n) is 4.19. The van der Waals surface area contributed by atoms with E-state index in [0.717, 1.165) is 0 Å². The number of aromatic hydroxyl groups is 1. The number of hydrogen-bond acceptors (Lipinski definition) is 3. The zero-order valence-electron chi connectivity index (χ0n) is 7.91. The number of halogens is 3. The van der Waals surface area contributed by atoms with Gasteiger partial charge in [-0.05, 0) is 41.0 Å². The van der Waals surface area contributed by atoms with Crippen molar-refractivity contribution in [3.8, 4) is 5.75 Å². The molecule has 1 rings (SSSR count). The Labute approximate surface area is 102 Å². The molecule has 15 heavy (non-hydrogen) atoms. The summed E-state index contributed by atoms with van der Waals surface area (Å²) in [5.74, 6) is -0.454. The molecule has 1 aromatic carbocycles. The molecule has 0 bridgehead atoms. The van der Waals surface area contributed by atoms with Crippen molar-refractivity contribution in [1.82, 2.24) is 0 Å². The minimum absolute atomic E-state index is 0. The zero-order valence-corrected chi connectivity index (χ0v) is 10.3. The van der Waals surface area contributed by atoms with Crippen LogP contribution in [0.5, 0.6) is 5.75 Å². The van der Waals surface area contributed by atoms with E-state index in [0.29, 0.717) is 23.0 Å². The third-order valence-electron chi connectivity index (χ3n) is 1.93. The summed E-state index contributed by atoms with van der Waals surface area (Å²) in [6, 6.07) is 1.97. The first-order valence-corrected chi connectivity index (χ1v) is 4.99. The van der Waals surface area contributed by atoms with Gasteiger partial charge < -0.3 is 16.6 Å². The highest BCUT2D eigenvalue weighted by Crippen LogP contribution is 2.32. The number of phenolic OH excluding ortho intramolecular Hbond substituents is 1. The fraction of sp³-hybridized carbons (Fsp3) is 0.333. The molecule has 0 amide bonds. The van der Waals surface area contributed by atoms with Crippen molar-refractivity contribution < 1.29 is 9.50 Å². The maximum atomic E-state index is 13.0. The van der Waals surface area contributed by atoms with Crippen LogP contribution in [0.2, 0.25) is 0 Å². The number of benzene rings is 1. The molecule has 0 aromatic heterocycles. The second-order valence-corrected chi connectivity index (χ2v) is 3.86. The molecule has 0 aliphatic rings. The first-order chi connectivity index (χ1) is 6.56. The van der Waals surface area contributed by atoms with Gasteiger partial charge in [-0.2, -0.15) is 0 Å². The molecule has 0 aliphatic heterocycles. The fourth-order valence-electron chi connectivity index (χ4n) is 1.20. The number of hydrogen-bond donors (Lipinski definition) is 3. The Morgan fingerprint density at radius 1 is 1.47 bits per heavy atom. The average molecular weight is 300 g/mol. The summed E-state index contributed by atoms with van der Waals surface area (Å²) in [5, 5.41) is 9.58. The number of rotatable bonds is 3. The van der Waals surface area contributed by atoms with E-state index >= 15 is 0 Å². The molecule has 0 saturated heterocycles. The van der Waals surface area contributed by atoms with Crippen molar-refractivity contribution in [2.75, 3.05) is 6.54 Å². The predicted molar refractivity (Wildman–Crippen MR) is 63.6 cm³/mol. The SMILES string of the molecule is Cl.NCC[C@@H](N)c1cc(F)cc(Br)c1O. The van der Waals surface area contributed by atoms with Gasteiger partial charge >= 0.3 is 0 Å². The summed E-state index contributed by atoms with van der Waals surface area (Å²) in [7, 11) is 0. The molecule has 0 aliphatic carbocycles. The summed E-state index contributed by atoms with van der Waals surface area (Å²) < 4.78 is 13.3. The monoisotopic (exact) mass is 298 g/mol. The maximum Gasteiger partial charge on any atom is 0.134 e. The van der Waals surface area contributed by atoms with Crippen molar-refractivity contribution in [3.05, 3.63) is 28.0 Å². The van der Waals surface area contributed by atoms with Gasteiger partial charge in [0.1, 0.15) is 11.6 Å². The number of phenols is 1. The topological polar surface area (TPSA) is 72.3 Å². The minimum atomic E-state index is -0.438. The zero-order chi connectivity index (χ0) is 10.7. The lowest BCUT2D eigenvalue weighted by Gasteiger charge is -2.13. The van der Waals surface area contributed by atoms with Crippen LogP contribution >= 0.6 is 28.3 Å². The van der Waals surface area contributed by atoms with E-state index < -0.39 is 11.9 Å². The highest BCUT2D eigenvalue weighted by molar-refractivity contribution is 9.10. The molecule has 0 radical (unpaired) electrons. The summed E-state index contributed by atoms with van der Waals surface area (Å²) in [4.78, 5) is 0. The molecule has 0 saturated carbocycles. The van der Waals surface area contributed by atoms with Crippen molar-refractivity contribution in [3.63, 3.8) is 0 Å². The van der Waals surface area contributed by atoms with Gasteiger partial charge in [-0.15, -0.1) is 12.4 Å². The van der Waals surface area contributed by atoms with Crippen LogP contribution in [0.25, 0.3) is 0 Å². The van der Waals surface area contributed by atoms with Gasteiger partial charge in [0.05, 0.1) is 4.47 Å². The average Bonchev–Trinajstić information content (AvgIpc) is 2.11. The Morgan fingerprint density at radius 2 is 2.07 bits per heavy atom. The lowest BCUT2D eigenvalue weighted by molar-refractivity contribution is 0.452. The molecule has 1 atom stereocenters. The highest BCUT2D eigenvalue weighted by atomic mass is 79.9. The largest absolute Gasteiger partial charge is 0.506 e. The van der Waals surface area contributed by atoms with Gasteiger partial charge in [0, 0.05) is 11.6 Å². The van der Waals surface area contributed by atoms with Crippen molar-refractivity contribution >= 4 is 28.3 Å². The van der Waals surface area contributed by atoms with Crippen LogP contribution in [0.4, 0.5) is 4.39 Å². The summed E-state index contributed by atoms with van der Waals surface area (Å²) in [5.41, 5.74) is 11.4. The Balaban J connectivity index is 0.00000196. The van der Waals surface area contributed by atoms with Gasteiger partial charge in [-0.25, -0.2) is 4.39 Å². The van der Waals surface area contributed by atoms with Crippen molar-refractivity contribution in [1.29, 1.82) is 0 Å². The molecule has 3 nitrogen and oxygen atoms in total. The van der Waals surface area contributed by atoms with Gasteiger partial charge in [0.2, 0.25) is 0 Å². The lowest BCUT2D eigenvalue weighted by atomic mass is 10.0. The molecule has 0 unspecified atom stereocenters. The van der Waals surface area contributed by atoms with E-state index in [1.807, 2.05) is 0 Å². The van der Waals surface area contributed by atoms with Crippen LogP contribution in [-0.2, 0) is 0 Å². The fourth-order valence-corrected chi connectivity index (χ4v) is 1.65. The third-order valence-corrected chi connectivity index (χ3v) is 2.54. The van der Waals surface area contributed by atoms with E-state index in [1.165, 1.54) is 12.1 Å². The normalized spacial score (nSPS) is 12.0. The highest BCUT2D eigenvalue weighted by Gasteiger charge is 2.14. The molecule has 86 valence electrons. The van der Waals surface area contributed by atoms with Crippen LogP contribution in [0.3, 0.4) is 0 Å². The third kappa shape index (κ3) is 3.61. The molecular weight excluding hydrogens is 286 g/mol. The van der Waals surface area contributed by atoms with Crippen molar-refractivity contribution in [2.24, 2.45) is 11.5 Å². The predicted octanol–water partition coefficient (Wildman–Crippen LogP) is 2.06. The Hall–Kier alpha value is -0.360. The van der Waals surface area contributed by atoms with Gasteiger partial charge in [-0.3, -0.25) is 0 Å². The number of nitrogens with two attached hydrogens (primary N) is 2. The summed E-state index contributed by atoms with van der Waals surface area (Å²) in [6.07, 6.45) is 0.503. The molecule has 0 fully saturated rings. The van der Waals surface area contributed by atoms with Gasteiger partial charge in [-0.1, -0.05) is 0 Å². The smallest absolute Gasteiger partial charge is 0.134 e. The van der Waals surface area contributed by atoms with E-state index in [-0.39, 0.29) is 18.2 Å². The quantitative estimate of drug-likeness (QED) is 0.800. The lowest BCUT2D eigenvalue weighted by Crippen LogP contribution is -2.15. The second-order valence-electron chi connectivity index (χ2n) is 3.01. The van der Waals surface area contributed by atoms with Crippen LogP contribution in [-0.4, -0.2) is 11.7 Å². The van der Waals surface area contributed by atoms with E-state index in [1.54, 1.807) is 0 Å². The van der Waals surface area contributed by atoms with E-state index in [4.69, 9.17) is 11.5 Å². The first kappa shape index (κ1) is 14.6. The summed E-state index contributed by atoms with van der Waals surface area (Å²) in [6.45, 7) is 0.398. The Kier molecular flexibility index (Phi) is 6.12. The minimum Gasteiger partial charge on any atom is -0.506 e. The van der Waals surface area contributed by atoms with Crippen molar-refractivity contribution in [2.45, 2.75) is 12.5 Å². The van der Waals surface area contributed by atoms with E-state index in [2.05, 4.69) is 15.9 Å². The van der Waals surface area contributed by atoms with Crippen LogP contribution in [0.1, 0.15) is 18.0 Å². The van der Waals surface area contributed by atoms with Crippen LogP contribution in [0, 0.1) is 5.82 Å². The molecule has 1 aromatic rings. The van der Waals surface area contributed by atoms with E-state index in [9.17, 15) is 9.50 Å². The Morgan fingerprint density at radius 3 is 2.60 bits per heavy atom. The van der Waals surface area contributed by atoms with Gasteiger partial charge in [0.15, 0.2) is 0 Å².